The van der Waals surface area contributed by atoms with Crippen LogP contribution in [0.25, 0.3) is 0 Å². The average Bonchev–Trinajstić information content (AvgIpc) is 2.78. The summed E-state index contributed by atoms with van der Waals surface area (Å²) in [4.78, 5) is 24.4. The molecule has 4 rings (SSSR count). The number of rotatable bonds is 4. The first-order valence-corrected chi connectivity index (χ1v) is 10.3. The lowest BCUT2D eigenvalue weighted by molar-refractivity contribution is -0.384. The Morgan fingerprint density at radius 3 is 2.44 bits per heavy atom. The van der Waals surface area contributed by atoms with Gasteiger partial charge in [0.1, 0.15) is 5.82 Å². The first-order chi connectivity index (χ1) is 15.3. The molecule has 0 aromatic heterocycles. The molecule has 2 N–H and O–H groups in total. The van der Waals surface area contributed by atoms with Crippen LogP contribution in [0.1, 0.15) is 35.8 Å². The number of nitrogens with zero attached hydrogens (tertiary/aromatic N) is 4. The topological polar surface area (TPSA) is 116 Å². The number of carbonyl (C=O) groups is 1. The number of nitrogens with two attached hydrogens (primary N) is 1. The van der Waals surface area contributed by atoms with E-state index in [0.29, 0.717) is 24.0 Å². The van der Waals surface area contributed by atoms with E-state index in [0.717, 1.165) is 11.3 Å². The second kappa shape index (κ2) is 8.29. The summed E-state index contributed by atoms with van der Waals surface area (Å²) >= 11 is 0. The highest BCUT2D eigenvalue weighted by Gasteiger charge is 2.43. The molecule has 0 spiro atoms. The molecule has 1 heterocycles. The van der Waals surface area contributed by atoms with Gasteiger partial charge in [-0.25, -0.2) is 5.01 Å². The van der Waals surface area contributed by atoms with Crippen molar-refractivity contribution >= 4 is 11.5 Å². The van der Waals surface area contributed by atoms with Gasteiger partial charge in [0, 0.05) is 43.9 Å². The van der Waals surface area contributed by atoms with Gasteiger partial charge in [-0.05, 0) is 23.5 Å². The van der Waals surface area contributed by atoms with Gasteiger partial charge in [-0.2, -0.15) is 5.26 Å². The van der Waals surface area contributed by atoms with E-state index in [1.807, 2.05) is 30.3 Å². The van der Waals surface area contributed by atoms with Crippen molar-refractivity contribution in [1.29, 1.82) is 5.26 Å². The molecule has 0 radical (unpaired) electrons. The average molecular weight is 429 g/mol. The SMILES string of the molecule is CN(C)N1C(N)=C(C#N)[C@@H](c2cccc([N+](=O)[O-])c2)C2=C1C[C@@H](c1ccccc1)CC2=O. The molecule has 2 atom stereocenters. The first-order valence-electron chi connectivity index (χ1n) is 10.3. The van der Waals surface area contributed by atoms with Gasteiger partial charge in [-0.15, -0.1) is 0 Å². The maximum atomic E-state index is 13.5. The number of benzene rings is 2. The van der Waals surface area contributed by atoms with Crippen molar-refractivity contribution in [1.82, 2.24) is 10.0 Å². The van der Waals surface area contributed by atoms with E-state index in [1.54, 1.807) is 36.2 Å². The van der Waals surface area contributed by atoms with E-state index in [9.17, 15) is 20.2 Å². The fraction of sp³-hybridized carbons (Fsp3) is 0.250. The maximum absolute atomic E-state index is 13.5. The zero-order valence-electron chi connectivity index (χ0n) is 17.9. The molecule has 1 aliphatic heterocycles. The number of nitro benzene ring substituents is 1. The van der Waals surface area contributed by atoms with Crippen molar-refractivity contribution in [2.24, 2.45) is 5.73 Å². The normalized spacial score (nSPS) is 20.9. The van der Waals surface area contributed by atoms with Gasteiger partial charge in [-0.3, -0.25) is 19.9 Å². The zero-order chi connectivity index (χ0) is 23.0. The monoisotopic (exact) mass is 429 g/mol. The third-order valence-electron chi connectivity index (χ3n) is 6.03. The Hall–Kier alpha value is -3.96. The number of nitriles is 1. The number of non-ortho nitro benzene ring substituents is 1. The minimum absolute atomic E-state index is 0.0212. The predicted octanol–water partition coefficient (Wildman–Crippen LogP) is 3.57. The summed E-state index contributed by atoms with van der Waals surface area (Å²) in [6.45, 7) is 0. The van der Waals surface area contributed by atoms with Crippen LogP contribution in [-0.2, 0) is 4.79 Å². The fourth-order valence-corrected chi connectivity index (χ4v) is 4.68. The van der Waals surface area contributed by atoms with Crippen molar-refractivity contribution in [2.45, 2.75) is 24.7 Å². The minimum Gasteiger partial charge on any atom is -0.383 e. The molecule has 2 aromatic carbocycles. The Morgan fingerprint density at radius 2 is 1.81 bits per heavy atom. The molecule has 1 aliphatic carbocycles. The summed E-state index contributed by atoms with van der Waals surface area (Å²) in [6, 6.07) is 18.1. The van der Waals surface area contributed by atoms with E-state index in [1.165, 1.54) is 12.1 Å². The van der Waals surface area contributed by atoms with Gasteiger partial charge in [-0.1, -0.05) is 42.5 Å². The second-order valence-corrected chi connectivity index (χ2v) is 8.15. The molecule has 162 valence electrons. The van der Waals surface area contributed by atoms with Crippen LogP contribution >= 0.6 is 0 Å². The lowest BCUT2D eigenvalue weighted by atomic mass is 9.72. The molecule has 0 fully saturated rings. The minimum atomic E-state index is -0.740. The summed E-state index contributed by atoms with van der Waals surface area (Å²) in [7, 11) is 3.60. The fourth-order valence-electron chi connectivity index (χ4n) is 4.68. The molecule has 0 saturated carbocycles. The van der Waals surface area contributed by atoms with E-state index < -0.39 is 10.8 Å². The standard InChI is InChI=1S/C24H23N5O3/c1-27(2)28-20-12-17(15-7-4-3-5-8-15)13-21(30)23(20)22(19(14-25)24(28)26)16-9-6-10-18(11-16)29(31)32/h3-11,17,22H,12-13,26H2,1-2H3/t17-,22-/m1/s1. The van der Waals surface area contributed by atoms with Crippen LogP contribution in [-0.4, -0.2) is 34.8 Å². The number of Topliss-reactive ketones (excluding diaryl/α,β-unsaturated/α-hetero) is 1. The van der Waals surface area contributed by atoms with Gasteiger partial charge < -0.3 is 5.73 Å². The van der Waals surface area contributed by atoms with Crippen molar-refractivity contribution in [3.8, 4) is 6.07 Å². The number of hydrogen-bond acceptors (Lipinski definition) is 7. The van der Waals surface area contributed by atoms with Crippen LogP contribution in [0.2, 0.25) is 0 Å². The highest BCUT2D eigenvalue weighted by Crippen LogP contribution is 2.48. The highest BCUT2D eigenvalue weighted by atomic mass is 16.6. The largest absolute Gasteiger partial charge is 0.383 e. The number of allylic oxidation sites excluding steroid dienone is 3. The van der Waals surface area contributed by atoms with Crippen LogP contribution in [0.4, 0.5) is 5.69 Å². The molecule has 0 amide bonds. The van der Waals surface area contributed by atoms with Crippen LogP contribution in [0.5, 0.6) is 0 Å². The number of carbonyl (C=O) groups excluding carboxylic acids is 1. The van der Waals surface area contributed by atoms with Crippen molar-refractivity contribution in [3.63, 3.8) is 0 Å². The van der Waals surface area contributed by atoms with Crippen LogP contribution in [0.15, 0.2) is 77.3 Å². The molecule has 2 aliphatic rings. The zero-order valence-corrected chi connectivity index (χ0v) is 17.9. The van der Waals surface area contributed by atoms with Gasteiger partial charge in [0.15, 0.2) is 5.78 Å². The van der Waals surface area contributed by atoms with Gasteiger partial charge in [0.2, 0.25) is 0 Å². The predicted molar refractivity (Wildman–Crippen MR) is 119 cm³/mol. The number of hydrazine groups is 1. The summed E-state index contributed by atoms with van der Waals surface area (Å²) in [5.74, 6) is -0.611. The van der Waals surface area contributed by atoms with E-state index in [2.05, 4.69) is 6.07 Å². The Kier molecular flexibility index (Phi) is 5.51. The van der Waals surface area contributed by atoms with E-state index >= 15 is 0 Å². The summed E-state index contributed by atoms with van der Waals surface area (Å²) in [5.41, 5.74) is 9.36. The molecule has 8 heteroatoms. The third kappa shape index (κ3) is 3.53. The first kappa shape index (κ1) is 21.3. The van der Waals surface area contributed by atoms with Crippen LogP contribution < -0.4 is 5.73 Å². The van der Waals surface area contributed by atoms with Gasteiger partial charge in [0.25, 0.3) is 5.69 Å². The molecule has 0 unspecified atom stereocenters. The summed E-state index contributed by atoms with van der Waals surface area (Å²) in [5, 5.41) is 24.8. The lowest BCUT2D eigenvalue weighted by Gasteiger charge is -2.43. The second-order valence-electron chi connectivity index (χ2n) is 8.15. The summed E-state index contributed by atoms with van der Waals surface area (Å²) in [6.07, 6.45) is 0.863. The Bertz CT molecular complexity index is 1190. The van der Waals surface area contributed by atoms with Gasteiger partial charge in [0.05, 0.1) is 22.5 Å². The van der Waals surface area contributed by atoms with Crippen molar-refractivity contribution in [2.75, 3.05) is 14.1 Å². The summed E-state index contributed by atoms with van der Waals surface area (Å²) < 4.78 is 0. The van der Waals surface area contributed by atoms with Gasteiger partial charge >= 0.3 is 0 Å². The third-order valence-corrected chi connectivity index (χ3v) is 6.03. The van der Waals surface area contributed by atoms with Crippen molar-refractivity contribution < 1.29 is 9.72 Å². The molecule has 2 aromatic rings. The highest BCUT2D eigenvalue weighted by molar-refractivity contribution is 6.00. The molecule has 0 bridgehead atoms. The van der Waals surface area contributed by atoms with Crippen LogP contribution in [0.3, 0.4) is 0 Å². The number of hydrogen-bond donors (Lipinski definition) is 1. The number of ketones is 1. The maximum Gasteiger partial charge on any atom is 0.269 e. The Labute approximate surface area is 186 Å². The molecule has 8 nitrogen and oxygen atoms in total. The van der Waals surface area contributed by atoms with Crippen molar-refractivity contribution in [3.05, 3.63) is 98.5 Å². The molecule has 32 heavy (non-hydrogen) atoms. The quantitative estimate of drug-likeness (QED) is 0.583. The number of nitro groups is 1. The molecular weight excluding hydrogens is 406 g/mol. The molecule has 0 saturated heterocycles. The smallest absolute Gasteiger partial charge is 0.269 e. The Balaban J connectivity index is 1.91. The van der Waals surface area contributed by atoms with E-state index in [-0.39, 0.29) is 28.8 Å². The Morgan fingerprint density at radius 1 is 1.12 bits per heavy atom. The van der Waals surface area contributed by atoms with Crippen LogP contribution in [0, 0.1) is 21.4 Å². The lowest BCUT2D eigenvalue weighted by Crippen LogP contribution is -2.46. The van der Waals surface area contributed by atoms with E-state index in [4.69, 9.17) is 5.73 Å². The molecular formula is C24H23N5O3.